The summed E-state index contributed by atoms with van der Waals surface area (Å²) in [5.41, 5.74) is 2.54. The molecule has 1 atom stereocenters. The second-order valence-corrected chi connectivity index (χ2v) is 8.50. The van der Waals surface area contributed by atoms with Crippen LogP contribution in [0.2, 0.25) is 0 Å². The topological polar surface area (TPSA) is 71.3 Å². The SMILES string of the molecule is COc1cccc(C(O)=C2C(=O)C(=O)N(CC[NH+](C)C)[C@H]2c2ccc(C(C)C)cc2)c1. The number of Topliss-reactive ketones (excluding diaryl/α,β-unsaturated/α-hetero) is 1. The number of hydrogen-bond acceptors (Lipinski definition) is 4. The van der Waals surface area contributed by atoms with Gasteiger partial charge in [-0.15, -0.1) is 0 Å². The van der Waals surface area contributed by atoms with Gasteiger partial charge in [-0.2, -0.15) is 0 Å². The minimum absolute atomic E-state index is 0.115. The molecule has 0 saturated carbocycles. The maximum Gasteiger partial charge on any atom is 0.295 e. The number of methoxy groups -OCH3 is 1. The highest BCUT2D eigenvalue weighted by Gasteiger charge is 2.46. The van der Waals surface area contributed by atoms with Crippen LogP contribution in [-0.4, -0.2) is 56.0 Å². The van der Waals surface area contributed by atoms with E-state index in [1.807, 2.05) is 38.4 Å². The second-order valence-electron chi connectivity index (χ2n) is 8.50. The lowest BCUT2D eigenvalue weighted by atomic mass is 9.93. The van der Waals surface area contributed by atoms with Crippen LogP contribution in [0.4, 0.5) is 0 Å². The Morgan fingerprint density at radius 3 is 2.39 bits per heavy atom. The zero-order valence-electron chi connectivity index (χ0n) is 18.8. The zero-order chi connectivity index (χ0) is 22.7. The molecule has 6 heteroatoms. The highest BCUT2D eigenvalue weighted by Crippen LogP contribution is 2.39. The van der Waals surface area contributed by atoms with Crippen LogP contribution in [0, 0.1) is 0 Å². The van der Waals surface area contributed by atoms with E-state index in [2.05, 4.69) is 13.8 Å². The molecule has 1 saturated heterocycles. The first kappa shape index (κ1) is 22.6. The molecular weight excluding hydrogens is 392 g/mol. The van der Waals surface area contributed by atoms with E-state index in [1.54, 1.807) is 29.2 Å². The number of carbonyl (C=O) groups is 2. The number of benzene rings is 2. The van der Waals surface area contributed by atoms with Crippen LogP contribution >= 0.6 is 0 Å². The smallest absolute Gasteiger partial charge is 0.295 e. The van der Waals surface area contributed by atoms with Gasteiger partial charge in [-0.05, 0) is 29.2 Å². The van der Waals surface area contributed by atoms with Crippen molar-refractivity contribution in [3.05, 3.63) is 70.8 Å². The van der Waals surface area contributed by atoms with E-state index in [9.17, 15) is 14.7 Å². The molecule has 1 heterocycles. The summed E-state index contributed by atoms with van der Waals surface area (Å²) in [5, 5.41) is 11.1. The third-order valence-corrected chi connectivity index (χ3v) is 5.65. The molecule has 0 radical (unpaired) electrons. The van der Waals surface area contributed by atoms with Gasteiger partial charge in [0.25, 0.3) is 11.7 Å². The normalized spacial score (nSPS) is 18.3. The molecule has 2 aromatic carbocycles. The van der Waals surface area contributed by atoms with Crippen molar-refractivity contribution in [1.29, 1.82) is 0 Å². The molecule has 2 N–H and O–H groups in total. The van der Waals surface area contributed by atoms with E-state index in [0.717, 1.165) is 5.56 Å². The predicted octanol–water partition coefficient (Wildman–Crippen LogP) is 2.38. The first-order valence-corrected chi connectivity index (χ1v) is 10.6. The maximum absolute atomic E-state index is 13.0. The number of aliphatic hydroxyl groups excluding tert-OH is 1. The summed E-state index contributed by atoms with van der Waals surface area (Å²) < 4.78 is 5.25. The van der Waals surface area contributed by atoms with Gasteiger partial charge in [0.1, 0.15) is 11.5 Å². The van der Waals surface area contributed by atoms with Gasteiger partial charge in [-0.1, -0.05) is 50.2 Å². The van der Waals surface area contributed by atoms with Crippen LogP contribution < -0.4 is 9.64 Å². The lowest BCUT2D eigenvalue weighted by Gasteiger charge is -2.26. The van der Waals surface area contributed by atoms with Gasteiger partial charge in [0.2, 0.25) is 0 Å². The summed E-state index contributed by atoms with van der Waals surface area (Å²) in [6, 6.07) is 14.2. The summed E-state index contributed by atoms with van der Waals surface area (Å²) in [7, 11) is 5.54. The largest absolute Gasteiger partial charge is 0.507 e. The highest BCUT2D eigenvalue weighted by atomic mass is 16.5. The molecule has 6 nitrogen and oxygen atoms in total. The molecule has 164 valence electrons. The molecule has 1 fully saturated rings. The van der Waals surface area contributed by atoms with Crippen molar-refractivity contribution in [3.63, 3.8) is 0 Å². The van der Waals surface area contributed by atoms with Gasteiger partial charge < -0.3 is 19.6 Å². The Morgan fingerprint density at radius 2 is 1.81 bits per heavy atom. The number of likely N-dealkylation sites (N-methyl/N-ethyl adjacent to an activating group) is 1. The minimum Gasteiger partial charge on any atom is -0.507 e. The number of nitrogens with one attached hydrogen (secondary N) is 1. The van der Waals surface area contributed by atoms with Crippen LogP contribution in [0.25, 0.3) is 5.76 Å². The Kier molecular flexibility index (Phi) is 6.81. The minimum atomic E-state index is -0.660. The number of likely N-dealkylation sites (tertiary alicyclic amines) is 1. The van der Waals surface area contributed by atoms with Crippen molar-refractivity contribution >= 4 is 17.4 Å². The van der Waals surface area contributed by atoms with E-state index < -0.39 is 17.7 Å². The molecule has 31 heavy (non-hydrogen) atoms. The summed E-state index contributed by atoms with van der Waals surface area (Å²) in [5.74, 6) is -0.493. The standard InChI is InChI=1S/C25H30N2O4/c1-16(2)17-9-11-18(12-10-17)22-21(23(28)19-7-6-8-20(15-19)31-5)24(29)25(30)27(22)14-13-26(3)4/h6-12,15-16,22,28H,13-14H2,1-5H3/p+1/t22-/m0/s1. The van der Waals surface area contributed by atoms with E-state index in [0.29, 0.717) is 30.3 Å². The average Bonchev–Trinajstić information content (AvgIpc) is 3.01. The van der Waals surface area contributed by atoms with E-state index in [4.69, 9.17) is 4.74 Å². The molecule has 0 unspecified atom stereocenters. The van der Waals surface area contributed by atoms with Gasteiger partial charge in [0, 0.05) is 5.56 Å². The van der Waals surface area contributed by atoms with Crippen molar-refractivity contribution in [2.75, 3.05) is 34.3 Å². The lowest BCUT2D eigenvalue weighted by Crippen LogP contribution is -3.06. The highest BCUT2D eigenvalue weighted by molar-refractivity contribution is 6.46. The van der Waals surface area contributed by atoms with Crippen LogP contribution in [0.3, 0.4) is 0 Å². The number of quaternary nitrogens is 1. The fraction of sp³-hybridized carbons (Fsp3) is 0.360. The summed E-state index contributed by atoms with van der Waals surface area (Å²) in [6.07, 6.45) is 0. The molecule has 0 bridgehead atoms. The van der Waals surface area contributed by atoms with Crippen molar-refractivity contribution in [2.45, 2.75) is 25.8 Å². The van der Waals surface area contributed by atoms with Crippen LogP contribution in [0.5, 0.6) is 5.75 Å². The number of aliphatic hydroxyl groups is 1. The maximum atomic E-state index is 13.0. The number of amides is 1. The second kappa shape index (κ2) is 9.35. The summed E-state index contributed by atoms with van der Waals surface area (Å²) in [6.45, 7) is 5.33. The zero-order valence-corrected chi connectivity index (χ0v) is 18.8. The molecule has 1 amide bonds. The van der Waals surface area contributed by atoms with Crippen LogP contribution in [0.15, 0.2) is 54.1 Å². The first-order chi connectivity index (χ1) is 14.7. The fourth-order valence-corrected chi connectivity index (χ4v) is 3.79. The third-order valence-electron chi connectivity index (χ3n) is 5.65. The Bertz CT molecular complexity index is 993. The van der Waals surface area contributed by atoms with Gasteiger partial charge >= 0.3 is 0 Å². The number of ether oxygens (including phenoxy) is 1. The Hall–Kier alpha value is -3.12. The Morgan fingerprint density at radius 1 is 1.13 bits per heavy atom. The van der Waals surface area contributed by atoms with Crippen LogP contribution in [-0.2, 0) is 9.59 Å². The van der Waals surface area contributed by atoms with Gasteiger partial charge in [-0.3, -0.25) is 9.59 Å². The van der Waals surface area contributed by atoms with Gasteiger partial charge in [0.15, 0.2) is 0 Å². The molecule has 0 aromatic heterocycles. The molecule has 1 aliphatic rings. The number of ketones is 1. The van der Waals surface area contributed by atoms with Crippen LogP contribution in [0.1, 0.15) is 42.5 Å². The van der Waals surface area contributed by atoms with Gasteiger partial charge in [0.05, 0.1) is 45.9 Å². The van der Waals surface area contributed by atoms with E-state index in [-0.39, 0.29) is 11.3 Å². The number of rotatable bonds is 7. The molecule has 1 aliphatic heterocycles. The Labute approximate surface area is 183 Å². The predicted molar refractivity (Wildman–Crippen MR) is 120 cm³/mol. The lowest BCUT2D eigenvalue weighted by molar-refractivity contribution is -0.857. The summed E-state index contributed by atoms with van der Waals surface area (Å²) >= 11 is 0. The average molecular weight is 424 g/mol. The van der Waals surface area contributed by atoms with E-state index in [1.165, 1.54) is 17.6 Å². The quantitative estimate of drug-likeness (QED) is 0.408. The molecule has 3 rings (SSSR count). The first-order valence-electron chi connectivity index (χ1n) is 10.6. The van der Waals surface area contributed by atoms with Crippen molar-refractivity contribution in [1.82, 2.24) is 4.90 Å². The molecule has 2 aromatic rings. The number of hydrogen-bond donors (Lipinski definition) is 2. The molecule has 0 aliphatic carbocycles. The third kappa shape index (κ3) is 4.64. The monoisotopic (exact) mass is 423 g/mol. The molecule has 0 spiro atoms. The fourth-order valence-electron chi connectivity index (χ4n) is 3.79. The summed E-state index contributed by atoms with van der Waals surface area (Å²) in [4.78, 5) is 28.7. The number of carbonyl (C=O) groups excluding carboxylic acids is 2. The molecular formula is C25H31N2O4+. The van der Waals surface area contributed by atoms with Crippen molar-refractivity contribution in [2.24, 2.45) is 0 Å². The van der Waals surface area contributed by atoms with Crippen molar-refractivity contribution in [3.8, 4) is 5.75 Å². The van der Waals surface area contributed by atoms with Gasteiger partial charge in [-0.25, -0.2) is 0 Å². The van der Waals surface area contributed by atoms with Crippen molar-refractivity contribution < 1.29 is 24.3 Å². The van der Waals surface area contributed by atoms with E-state index >= 15 is 0 Å². The Balaban J connectivity index is 2.13. The number of nitrogens with zero attached hydrogens (tertiary/aromatic N) is 1.